The Balaban J connectivity index is 2.31. The van der Waals surface area contributed by atoms with E-state index in [-0.39, 0.29) is 5.43 Å². The molecule has 0 saturated carbocycles. The van der Waals surface area contributed by atoms with Crippen molar-refractivity contribution in [2.45, 2.75) is 0 Å². The Bertz CT molecular complexity index is 853. The second-order valence-corrected chi connectivity index (χ2v) is 5.63. The molecule has 0 radical (unpaired) electrons. The van der Waals surface area contributed by atoms with Crippen LogP contribution in [0.4, 0.5) is 0 Å². The van der Waals surface area contributed by atoms with Gasteiger partial charge in [-0.2, -0.15) is 0 Å². The van der Waals surface area contributed by atoms with Crippen LogP contribution in [-0.4, -0.2) is 4.98 Å². The summed E-state index contributed by atoms with van der Waals surface area (Å²) in [6.45, 7) is 0. The zero-order chi connectivity index (χ0) is 14.3. The van der Waals surface area contributed by atoms with E-state index < -0.39 is 0 Å². The van der Waals surface area contributed by atoms with E-state index in [9.17, 15) is 4.79 Å². The van der Waals surface area contributed by atoms with Crippen LogP contribution in [0.3, 0.4) is 0 Å². The first-order valence-corrected chi connectivity index (χ1v) is 6.96. The molecule has 0 aliphatic heterocycles. The zero-order valence-corrected chi connectivity index (χ0v) is 12.4. The molecule has 1 heterocycles. The molecule has 20 heavy (non-hydrogen) atoms. The van der Waals surface area contributed by atoms with Crippen molar-refractivity contribution in [1.29, 1.82) is 0 Å². The zero-order valence-electron chi connectivity index (χ0n) is 10.1. The first-order chi connectivity index (χ1) is 9.56. The molecule has 1 N–H and O–H groups in total. The molecular weight excluding hydrogens is 317 g/mol. The maximum absolute atomic E-state index is 12.5. The Kier molecular flexibility index (Phi) is 3.47. The van der Waals surface area contributed by atoms with Gasteiger partial charge in [0.2, 0.25) is 0 Å². The maximum Gasteiger partial charge on any atom is 0.197 e. The summed E-state index contributed by atoms with van der Waals surface area (Å²) < 4.78 is 0. The number of benzene rings is 2. The molecule has 0 bridgehead atoms. The standard InChI is InChI=1S/C15H8Cl3NO/c16-9-3-1-8(2-4-9)12-7-19-14-11(15(12)20)5-10(17)6-13(14)18/h1-7H,(H,19,20). The quantitative estimate of drug-likeness (QED) is 0.659. The number of aromatic nitrogens is 1. The second-order valence-electron chi connectivity index (χ2n) is 4.35. The lowest BCUT2D eigenvalue weighted by molar-refractivity contribution is 1.38. The van der Waals surface area contributed by atoms with Crippen LogP contribution in [-0.2, 0) is 0 Å². The lowest BCUT2D eigenvalue weighted by atomic mass is 10.0. The number of rotatable bonds is 1. The van der Waals surface area contributed by atoms with Crippen molar-refractivity contribution in [3.05, 3.63) is 67.9 Å². The summed E-state index contributed by atoms with van der Waals surface area (Å²) >= 11 is 17.9. The fourth-order valence-electron chi connectivity index (χ4n) is 2.10. The SMILES string of the molecule is O=c1c(-c2ccc(Cl)cc2)c[nH]c2c(Cl)cc(Cl)cc12. The second kappa shape index (κ2) is 5.13. The summed E-state index contributed by atoms with van der Waals surface area (Å²) in [4.78, 5) is 15.6. The van der Waals surface area contributed by atoms with Crippen molar-refractivity contribution in [3.63, 3.8) is 0 Å². The summed E-state index contributed by atoms with van der Waals surface area (Å²) in [6.07, 6.45) is 1.65. The summed E-state index contributed by atoms with van der Waals surface area (Å²) in [6, 6.07) is 10.3. The molecule has 2 nitrogen and oxygen atoms in total. The Morgan fingerprint density at radius 2 is 1.60 bits per heavy atom. The third-order valence-corrected chi connectivity index (χ3v) is 3.83. The fraction of sp³-hybridized carbons (Fsp3) is 0. The van der Waals surface area contributed by atoms with Gasteiger partial charge in [-0.3, -0.25) is 4.79 Å². The summed E-state index contributed by atoms with van der Waals surface area (Å²) in [5.41, 5.74) is 1.80. The molecule has 0 fully saturated rings. The van der Waals surface area contributed by atoms with Gasteiger partial charge in [-0.1, -0.05) is 46.9 Å². The normalized spacial score (nSPS) is 10.9. The van der Waals surface area contributed by atoms with Gasteiger partial charge >= 0.3 is 0 Å². The van der Waals surface area contributed by atoms with Crippen molar-refractivity contribution in [3.8, 4) is 11.1 Å². The predicted octanol–water partition coefficient (Wildman–Crippen LogP) is 5.16. The van der Waals surface area contributed by atoms with Crippen molar-refractivity contribution in [1.82, 2.24) is 4.98 Å². The smallest absolute Gasteiger partial charge is 0.197 e. The van der Waals surface area contributed by atoms with Crippen LogP contribution in [0.1, 0.15) is 0 Å². The van der Waals surface area contributed by atoms with Gasteiger partial charge in [-0.25, -0.2) is 0 Å². The average Bonchev–Trinajstić information content (AvgIpc) is 2.41. The number of hydrogen-bond acceptors (Lipinski definition) is 1. The van der Waals surface area contributed by atoms with Crippen LogP contribution in [0.5, 0.6) is 0 Å². The molecule has 0 unspecified atom stereocenters. The van der Waals surface area contributed by atoms with Crippen LogP contribution >= 0.6 is 34.8 Å². The van der Waals surface area contributed by atoms with Crippen LogP contribution < -0.4 is 5.43 Å². The molecule has 0 amide bonds. The van der Waals surface area contributed by atoms with E-state index >= 15 is 0 Å². The van der Waals surface area contributed by atoms with Crippen molar-refractivity contribution in [2.75, 3.05) is 0 Å². The molecule has 0 aliphatic rings. The van der Waals surface area contributed by atoms with E-state index in [4.69, 9.17) is 34.8 Å². The number of nitrogens with one attached hydrogen (secondary N) is 1. The van der Waals surface area contributed by atoms with E-state index in [1.165, 1.54) is 0 Å². The van der Waals surface area contributed by atoms with Gasteiger partial charge in [0.1, 0.15) is 0 Å². The Labute approximate surface area is 129 Å². The van der Waals surface area contributed by atoms with Crippen LogP contribution in [0.25, 0.3) is 22.0 Å². The van der Waals surface area contributed by atoms with Crippen LogP contribution in [0, 0.1) is 0 Å². The minimum Gasteiger partial charge on any atom is -0.359 e. The molecule has 0 saturated heterocycles. The van der Waals surface area contributed by atoms with Crippen molar-refractivity contribution in [2.24, 2.45) is 0 Å². The van der Waals surface area contributed by atoms with Gasteiger partial charge < -0.3 is 4.98 Å². The van der Waals surface area contributed by atoms with Gasteiger partial charge in [-0.15, -0.1) is 0 Å². The molecule has 0 aliphatic carbocycles. The highest BCUT2D eigenvalue weighted by Crippen LogP contribution is 2.26. The monoisotopic (exact) mass is 323 g/mol. The minimum absolute atomic E-state index is 0.120. The van der Waals surface area contributed by atoms with Gasteiger partial charge in [0.05, 0.1) is 10.5 Å². The summed E-state index contributed by atoms with van der Waals surface area (Å²) in [5.74, 6) is 0. The number of H-pyrrole nitrogens is 1. The molecule has 1 aromatic heterocycles. The Morgan fingerprint density at radius 3 is 2.30 bits per heavy atom. The number of hydrogen-bond donors (Lipinski definition) is 1. The van der Waals surface area contributed by atoms with E-state index in [1.807, 2.05) is 0 Å². The Morgan fingerprint density at radius 1 is 0.900 bits per heavy atom. The summed E-state index contributed by atoms with van der Waals surface area (Å²) in [5, 5.41) is 1.94. The van der Waals surface area contributed by atoms with E-state index in [2.05, 4.69) is 4.98 Å². The fourth-order valence-corrected chi connectivity index (χ4v) is 2.77. The largest absolute Gasteiger partial charge is 0.359 e. The first-order valence-electron chi connectivity index (χ1n) is 5.82. The van der Waals surface area contributed by atoms with Gasteiger partial charge in [-0.05, 0) is 29.8 Å². The molecule has 0 spiro atoms. The molecular formula is C15H8Cl3NO. The number of aromatic amines is 1. The Hall–Kier alpha value is -1.48. The molecule has 3 rings (SSSR count). The maximum atomic E-state index is 12.5. The first kappa shape index (κ1) is 13.5. The minimum atomic E-state index is -0.120. The van der Waals surface area contributed by atoms with Gasteiger partial charge in [0.25, 0.3) is 0 Å². The number of fused-ring (bicyclic) bond motifs is 1. The van der Waals surface area contributed by atoms with Gasteiger partial charge in [0, 0.05) is 27.2 Å². The lowest BCUT2D eigenvalue weighted by Crippen LogP contribution is -2.06. The van der Waals surface area contributed by atoms with Crippen LogP contribution in [0.2, 0.25) is 15.1 Å². The summed E-state index contributed by atoms with van der Waals surface area (Å²) in [7, 11) is 0. The van der Waals surface area contributed by atoms with Crippen molar-refractivity contribution >= 4 is 45.7 Å². The molecule has 2 aromatic carbocycles. The van der Waals surface area contributed by atoms with Crippen LogP contribution in [0.15, 0.2) is 47.4 Å². The lowest BCUT2D eigenvalue weighted by Gasteiger charge is -2.06. The van der Waals surface area contributed by atoms with Gasteiger partial charge in [0.15, 0.2) is 5.43 Å². The molecule has 100 valence electrons. The van der Waals surface area contributed by atoms with Crippen molar-refractivity contribution < 1.29 is 0 Å². The predicted molar refractivity (Wildman–Crippen MR) is 85.0 cm³/mol. The molecule has 3 aromatic rings. The highest BCUT2D eigenvalue weighted by molar-refractivity contribution is 6.38. The topological polar surface area (TPSA) is 32.9 Å². The highest BCUT2D eigenvalue weighted by atomic mass is 35.5. The average molecular weight is 325 g/mol. The number of pyridine rings is 1. The molecule has 5 heteroatoms. The molecule has 0 atom stereocenters. The third-order valence-electron chi connectivity index (χ3n) is 3.06. The third kappa shape index (κ3) is 2.31. The van der Waals surface area contributed by atoms with E-state index in [1.54, 1.807) is 42.6 Å². The van der Waals surface area contributed by atoms with E-state index in [0.29, 0.717) is 31.5 Å². The van der Waals surface area contributed by atoms with E-state index in [0.717, 1.165) is 5.56 Å². The number of halogens is 3. The highest BCUT2D eigenvalue weighted by Gasteiger charge is 2.10.